The van der Waals surface area contributed by atoms with Gasteiger partial charge in [0, 0.05) is 36.5 Å². The van der Waals surface area contributed by atoms with Gasteiger partial charge in [-0.1, -0.05) is 30.0 Å². The fourth-order valence-electron chi connectivity index (χ4n) is 3.06. The van der Waals surface area contributed by atoms with Crippen LogP contribution >= 0.6 is 23.1 Å². The molecule has 0 atom stereocenters. The average molecular weight is 417 g/mol. The topological polar surface area (TPSA) is 68.1 Å². The third-order valence-electron chi connectivity index (χ3n) is 4.60. The van der Waals surface area contributed by atoms with Crippen molar-refractivity contribution in [2.45, 2.75) is 31.3 Å². The van der Waals surface area contributed by atoms with Gasteiger partial charge in [0.15, 0.2) is 10.3 Å². The number of aromatic nitrogens is 4. The second-order valence-corrected chi connectivity index (χ2v) is 8.30. The zero-order valence-corrected chi connectivity index (χ0v) is 17.7. The van der Waals surface area contributed by atoms with Gasteiger partial charge in [0.05, 0.1) is 18.9 Å². The van der Waals surface area contributed by atoms with Crippen LogP contribution in [0.3, 0.4) is 0 Å². The Bertz CT molecular complexity index is 919. The second-order valence-electron chi connectivity index (χ2n) is 6.50. The van der Waals surface area contributed by atoms with Crippen LogP contribution in [0, 0.1) is 6.92 Å². The maximum absolute atomic E-state index is 5.44. The molecule has 7 nitrogen and oxygen atoms in total. The molecule has 0 radical (unpaired) electrons. The molecule has 0 amide bonds. The Labute approximate surface area is 173 Å². The van der Waals surface area contributed by atoms with E-state index in [1.165, 1.54) is 5.56 Å². The molecule has 1 fully saturated rings. The van der Waals surface area contributed by atoms with Gasteiger partial charge in [0.1, 0.15) is 0 Å². The molecule has 28 heavy (non-hydrogen) atoms. The number of aryl methyl sites for hydroxylation is 1. The SMILES string of the molecule is CCn1c(SCc2csc(Nc3ccccc3C)n2)nnc1N1CCOCC1. The summed E-state index contributed by atoms with van der Waals surface area (Å²) in [5, 5.41) is 16.2. The molecule has 0 unspecified atom stereocenters. The van der Waals surface area contributed by atoms with Crippen molar-refractivity contribution in [1.82, 2.24) is 19.7 Å². The first-order valence-corrected chi connectivity index (χ1v) is 11.3. The summed E-state index contributed by atoms with van der Waals surface area (Å²) in [6, 6.07) is 8.24. The lowest BCUT2D eigenvalue weighted by Gasteiger charge is -2.27. The number of para-hydroxylation sites is 1. The summed E-state index contributed by atoms with van der Waals surface area (Å²) in [7, 11) is 0. The number of ether oxygens (including phenoxy) is 1. The predicted octanol–water partition coefficient (Wildman–Crippen LogP) is 3.94. The summed E-state index contributed by atoms with van der Waals surface area (Å²) in [5.41, 5.74) is 3.35. The van der Waals surface area contributed by atoms with Crippen LogP contribution in [0.25, 0.3) is 0 Å². The third-order valence-corrected chi connectivity index (χ3v) is 6.40. The molecule has 148 valence electrons. The molecule has 0 aliphatic carbocycles. The molecular weight excluding hydrogens is 392 g/mol. The highest BCUT2D eigenvalue weighted by Crippen LogP contribution is 2.28. The zero-order valence-electron chi connectivity index (χ0n) is 16.1. The summed E-state index contributed by atoms with van der Waals surface area (Å²) in [6.07, 6.45) is 0. The first-order valence-electron chi connectivity index (χ1n) is 9.40. The van der Waals surface area contributed by atoms with Crippen LogP contribution in [0.5, 0.6) is 0 Å². The van der Waals surface area contributed by atoms with E-state index < -0.39 is 0 Å². The van der Waals surface area contributed by atoms with Gasteiger partial charge >= 0.3 is 0 Å². The van der Waals surface area contributed by atoms with Gasteiger partial charge < -0.3 is 15.0 Å². The largest absolute Gasteiger partial charge is 0.378 e. The Kier molecular flexibility index (Phi) is 6.13. The van der Waals surface area contributed by atoms with Crippen molar-refractivity contribution < 1.29 is 4.74 Å². The number of hydrogen-bond donors (Lipinski definition) is 1. The van der Waals surface area contributed by atoms with Crippen molar-refractivity contribution in [3.63, 3.8) is 0 Å². The van der Waals surface area contributed by atoms with E-state index in [0.717, 1.165) is 66.2 Å². The van der Waals surface area contributed by atoms with Crippen molar-refractivity contribution >= 4 is 39.9 Å². The first kappa shape index (κ1) is 19.2. The highest BCUT2D eigenvalue weighted by Gasteiger charge is 2.20. The molecule has 1 aliphatic rings. The van der Waals surface area contributed by atoms with Crippen LogP contribution in [-0.4, -0.2) is 46.1 Å². The molecule has 0 spiro atoms. The monoisotopic (exact) mass is 416 g/mol. The lowest BCUT2D eigenvalue weighted by molar-refractivity contribution is 0.121. The molecule has 3 heterocycles. The fourth-order valence-corrected chi connectivity index (χ4v) is 4.78. The molecule has 2 aromatic heterocycles. The summed E-state index contributed by atoms with van der Waals surface area (Å²) in [6.45, 7) is 8.29. The van der Waals surface area contributed by atoms with E-state index in [1.54, 1.807) is 23.1 Å². The summed E-state index contributed by atoms with van der Waals surface area (Å²) in [5.74, 6) is 1.71. The van der Waals surface area contributed by atoms with Crippen LogP contribution < -0.4 is 10.2 Å². The predicted molar refractivity (Wildman–Crippen MR) is 115 cm³/mol. The quantitative estimate of drug-likeness (QED) is 0.585. The number of thioether (sulfide) groups is 1. The smallest absolute Gasteiger partial charge is 0.228 e. The lowest BCUT2D eigenvalue weighted by Crippen LogP contribution is -2.38. The molecule has 1 saturated heterocycles. The zero-order chi connectivity index (χ0) is 19.3. The standard InChI is InChI=1S/C19H24N6OS2/c1-3-25-18(24-8-10-26-11-9-24)22-23-19(25)28-13-15-12-27-17(20-15)21-16-7-5-4-6-14(16)2/h4-7,12H,3,8-11,13H2,1-2H3,(H,20,21). The third kappa shape index (κ3) is 4.31. The van der Waals surface area contributed by atoms with Crippen molar-refractivity contribution in [2.75, 3.05) is 36.5 Å². The Balaban J connectivity index is 1.40. The van der Waals surface area contributed by atoms with Crippen molar-refractivity contribution in [2.24, 2.45) is 0 Å². The van der Waals surface area contributed by atoms with Crippen LogP contribution in [0.1, 0.15) is 18.2 Å². The normalized spacial score (nSPS) is 14.4. The molecular formula is C19H24N6OS2. The van der Waals surface area contributed by atoms with Crippen LogP contribution in [-0.2, 0) is 17.0 Å². The van der Waals surface area contributed by atoms with E-state index in [9.17, 15) is 0 Å². The van der Waals surface area contributed by atoms with Gasteiger partial charge in [-0.15, -0.1) is 21.5 Å². The van der Waals surface area contributed by atoms with Gasteiger partial charge in [0.25, 0.3) is 0 Å². The number of anilines is 3. The van der Waals surface area contributed by atoms with Crippen molar-refractivity contribution in [3.8, 4) is 0 Å². The van der Waals surface area contributed by atoms with E-state index in [1.807, 2.05) is 12.1 Å². The summed E-state index contributed by atoms with van der Waals surface area (Å²) >= 11 is 3.31. The maximum atomic E-state index is 5.44. The Hall–Kier alpha value is -2.10. The molecule has 1 N–H and O–H groups in total. The number of morpholine rings is 1. The minimum absolute atomic E-state index is 0.745. The molecule has 4 rings (SSSR count). The van der Waals surface area contributed by atoms with Gasteiger partial charge in [-0.05, 0) is 25.5 Å². The van der Waals surface area contributed by atoms with E-state index in [0.29, 0.717) is 0 Å². The number of rotatable bonds is 7. The highest BCUT2D eigenvalue weighted by molar-refractivity contribution is 7.98. The van der Waals surface area contributed by atoms with E-state index in [2.05, 4.69) is 56.3 Å². The van der Waals surface area contributed by atoms with E-state index >= 15 is 0 Å². The van der Waals surface area contributed by atoms with Crippen LogP contribution in [0.2, 0.25) is 0 Å². The summed E-state index contributed by atoms with van der Waals surface area (Å²) < 4.78 is 7.62. The van der Waals surface area contributed by atoms with Gasteiger partial charge in [-0.25, -0.2) is 4.98 Å². The fraction of sp³-hybridized carbons (Fsp3) is 0.421. The van der Waals surface area contributed by atoms with Gasteiger partial charge in [0.2, 0.25) is 5.95 Å². The van der Waals surface area contributed by atoms with Crippen LogP contribution in [0.4, 0.5) is 16.8 Å². The molecule has 9 heteroatoms. The lowest BCUT2D eigenvalue weighted by atomic mass is 10.2. The minimum Gasteiger partial charge on any atom is -0.378 e. The number of thiazole rings is 1. The number of hydrogen-bond acceptors (Lipinski definition) is 8. The van der Waals surface area contributed by atoms with Gasteiger partial charge in [-0.2, -0.15) is 0 Å². The first-order chi connectivity index (χ1) is 13.7. The van der Waals surface area contributed by atoms with Crippen LogP contribution in [0.15, 0.2) is 34.8 Å². The van der Waals surface area contributed by atoms with Crippen molar-refractivity contribution in [3.05, 3.63) is 40.9 Å². The molecule has 3 aromatic rings. The molecule has 0 saturated carbocycles. The maximum Gasteiger partial charge on any atom is 0.228 e. The minimum atomic E-state index is 0.745. The van der Waals surface area contributed by atoms with E-state index in [-0.39, 0.29) is 0 Å². The molecule has 1 aromatic carbocycles. The van der Waals surface area contributed by atoms with Gasteiger partial charge in [-0.3, -0.25) is 4.57 Å². The molecule has 1 aliphatic heterocycles. The second kappa shape index (κ2) is 8.93. The van der Waals surface area contributed by atoms with E-state index in [4.69, 9.17) is 9.72 Å². The van der Waals surface area contributed by atoms with Crippen molar-refractivity contribution in [1.29, 1.82) is 0 Å². The summed E-state index contributed by atoms with van der Waals surface area (Å²) in [4.78, 5) is 6.96. The number of nitrogens with zero attached hydrogens (tertiary/aromatic N) is 5. The Morgan fingerprint density at radius 1 is 1.21 bits per heavy atom. The number of nitrogens with one attached hydrogen (secondary N) is 1. The number of benzene rings is 1. The molecule has 0 bridgehead atoms. The Morgan fingerprint density at radius 2 is 2.04 bits per heavy atom. The Morgan fingerprint density at radius 3 is 2.82 bits per heavy atom. The average Bonchev–Trinajstić information content (AvgIpc) is 3.35. The highest BCUT2D eigenvalue weighted by atomic mass is 32.2.